The third kappa shape index (κ3) is 3.95. The molecule has 29 heavy (non-hydrogen) atoms. The van der Waals surface area contributed by atoms with Crippen LogP contribution in [0.15, 0.2) is 27.7 Å². The summed E-state index contributed by atoms with van der Waals surface area (Å²) in [7, 11) is -0.173. The van der Waals surface area contributed by atoms with Gasteiger partial charge in [-0.05, 0) is 41.8 Å². The van der Waals surface area contributed by atoms with E-state index in [0.29, 0.717) is 37.5 Å². The molecule has 2 amide bonds. The van der Waals surface area contributed by atoms with Gasteiger partial charge in [0.1, 0.15) is 5.82 Å². The van der Waals surface area contributed by atoms with Crippen molar-refractivity contribution in [2.75, 3.05) is 45.2 Å². The van der Waals surface area contributed by atoms with Crippen molar-refractivity contribution in [3.63, 3.8) is 0 Å². The van der Waals surface area contributed by atoms with Crippen LogP contribution in [0.3, 0.4) is 0 Å². The first-order valence-corrected chi connectivity index (χ1v) is 11.8. The molecule has 1 aliphatic heterocycles. The van der Waals surface area contributed by atoms with E-state index in [9.17, 15) is 13.2 Å². The van der Waals surface area contributed by atoms with Crippen molar-refractivity contribution in [1.82, 2.24) is 24.1 Å². The minimum absolute atomic E-state index is 0.0187. The van der Waals surface area contributed by atoms with Gasteiger partial charge < -0.3 is 14.7 Å². The Hall–Kier alpha value is -1.85. The Morgan fingerprint density at radius 2 is 1.86 bits per heavy atom. The lowest BCUT2D eigenvalue weighted by Gasteiger charge is -2.37. The lowest BCUT2D eigenvalue weighted by molar-refractivity contribution is 0.168. The molecular weight excluding hydrogens is 460 g/mol. The predicted molar refractivity (Wildman–Crippen MR) is 114 cm³/mol. The van der Waals surface area contributed by atoms with E-state index in [1.54, 1.807) is 46.7 Å². The Morgan fingerprint density at radius 3 is 2.45 bits per heavy atom. The van der Waals surface area contributed by atoms with E-state index in [4.69, 9.17) is 0 Å². The molecule has 2 fully saturated rings. The largest absolute Gasteiger partial charge is 0.353 e. The zero-order valence-electron chi connectivity index (χ0n) is 16.7. The van der Waals surface area contributed by atoms with Crippen molar-refractivity contribution < 1.29 is 13.2 Å². The first-order valence-electron chi connectivity index (χ1n) is 9.52. The monoisotopic (exact) mass is 484 g/mol. The van der Waals surface area contributed by atoms with Gasteiger partial charge in [0.2, 0.25) is 10.0 Å². The van der Waals surface area contributed by atoms with Gasteiger partial charge in [0.25, 0.3) is 0 Å². The van der Waals surface area contributed by atoms with Crippen molar-refractivity contribution in [2.45, 2.75) is 30.2 Å². The number of sulfonamides is 1. The number of carbonyl (C=O) groups is 1. The summed E-state index contributed by atoms with van der Waals surface area (Å²) in [6.07, 6.45) is 3.36. The van der Waals surface area contributed by atoms with Gasteiger partial charge in [-0.3, -0.25) is 0 Å². The Bertz CT molecular complexity index is 1050. The number of aromatic nitrogens is 2. The molecule has 1 aliphatic carbocycles. The van der Waals surface area contributed by atoms with E-state index >= 15 is 0 Å². The molecule has 1 saturated heterocycles. The van der Waals surface area contributed by atoms with E-state index in [1.807, 2.05) is 6.92 Å². The summed E-state index contributed by atoms with van der Waals surface area (Å²) in [6, 6.07) is 3.29. The Labute approximate surface area is 178 Å². The van der Waals surface area contributed by atoms with Crippen LogP contribution in [-0.2, 0) is 10.0 Å². The van der Waals surface area contributed by atoms with Gasteiger partial charge >= 0.3 is 6.03 Å². The van der Waals surface area contributed by atoms with Crippen LogP contribution in [0.1, 0.15) is 19.8 Å². The Morgan fingerprint density at radius 1 is 1.21 bits per heavy atom. The Kier molecular flexibility index (Phi) is 5.02. The number of nitrogens with zero attached hydrogens (tertiary/aromatic N) is 5. The van der Waals surface area contributed by atoms with Gasteiger partial charge in [0, 0.05) is 51.9 Å². The van der Waals surface area contributed by atoms with Crippen LogP contribution in [0, 0.1) is 0 Å². The van der Waals surface area contributed by atoms with Gasteiger partial charge in [-0.15, -0.1) is 0 Å². The van der Waals surface area contributed by atoms with Crippen molar-refractivity contribution in [2.24, 2.45) is 0 Å². The maximum Gasteiger partial charge on any atom is 0.319 e. The van der Waals surface area contributed by atoms with Crippen molar-refractivity contribution in [3.05, 3.63) is 22.8 Å². The summed E-state index contributed by atoms with van der Waals surface area (Å²) in [5.41, 5.74) is 0.344. The maximum absolute atomic E-state index is 13.0. The number of nitrogens with one attached hydrogen (secondary N) is 1. The number of hydrogen-bond donors (Lipinski definition) is 1. The van der Waals surface area contributed by atoms with E-state index < -0.39 is 10.0 Å². The van der Waals surface area contributed by atoms with Gasteiger partial charge in [0.15, 0.2) is 0 Å². The predicted octanol–water partition coefficient (Wildman–Crippen LogP) is 1.73. The van der Waals surface area contributed by atoms with Gasteiger partial charge in [-0.2, -0.15) is 5.10 Å². The highest BCUT2D eigenvalue weighted by Crippen LogP contribution is 2.36. The molecule has 158 valence electrons. The summed E-state index contributed by atoms with van der Waals surface area (Å²) >= 11 is 3.47. The molecule has 4 rings (SSSR count). The molecule has 0 aromatic carbocycles. The molecule has 11 heteroatoms. The summed E-state index contributed by atoms with van der Waals surface area (Å²) in [4.78, 5) is 17.9. The van der Waals surface area contributed by atoms with Crippen molar-refractivity contribution >= 4 is 43.3 Å². The average Bonchev–Trinajstić information content (AvgIpc) is 3.27. The van der Waals surface area contributed by atoms with Gasteiger partial charge in [0.05, 0.1) is 21.1 Å². The highest BCUT2D eigenvalue weighted by molar-refractivity contribution is 9.10. The SMILES string of the molecule is CN(C)C(=O)N1CCN(c2cc(S(=O)(=O)NC3(C)CC3)cc3c(Br)cnn23)CC1. The third-order valence-corrected chi connectivity index (χ3v) is 7.70. The minimum Gasteiger partial charge on any atom is -0.353 e. The van der Waals surface area contributed by atoms with Gasteiger partial charge in [-0.25, -0.2) is 22.4 Å². The molecule has 2 aliphatic rings. The van der Waals surface area contributed by atoms with Crippen molar-refractivity contribution in [3.8, 4) is 0 Å². The lowest BCUT2D eigenvalue weighted by atomic mass is 10.3. The summed E-state index contributed by atoms with van der Waals surface area (Å²) in [5.74, 6) is 0.700. The minimum atomic E-state index is -3.65. The second kappa shape index (κ2) is 7.13. The highest BCUT2D eigenvalue weighted by Gasteiger charge is 2.41. The van der Waals surface area contributed by atoms with E-state index in [1.165, 1.54) is 0 Å². The molecular formula is C18H25BrN6O3S. The highest BCUT2D eigenvalue weighted by atomic mass is 79.9. The maximum atomic E-state index is 13.0. The molecule has 9 nitrogen and oxygen atoms in total. The fourth-order valence-corrected chi connectivity index (χ4v) is 5.35. The summed E-state index contributed by atoms with van der Waals surface area (Å²) in [5, 5.41) is 4.41. The molecule has 0 atom stereocenters. The summed E-state index contributed by atoms with van der Waals surface area (Å²) < 4.78 is 31.3. The topological polar surface area (TPSA) is 90.3 Å². The second-order valence-electron chi connectivity index (χ2n) is 8.16. The van der Waals surface area contributed by atoms with Crippen LogP contribution in [0.5, 0.6) is 0 Å². The van der Waals surface area contributed by atoms with Crippen LogP contribution in [0.25, 0.3) is 5.52 Å². The number of anilines is 1. The quantitative estimate of drug-likeness (QED) is 0.713. The lowest BCUT2D eigenvalue weighted by Crippen LogP contribution is -2.52. The number of halogens is 1. The first kappa shape index (κ1) is 20.4. The molecule has 1 N–H and O–H groups in total. The van der Waals surface area contributed by atoms with E-state index in [2.05, 4.69) is 30.7 Å². The molecule has 3 heterocycles. The molecule has 2 aromatic rings. The van der Waals surface area contributed by atoms with E-state index in [-0.39, 0.29) is 16.5 Å². The number of rotatable bonds is 4. The standard InChI is InChI=1S/C18H25BrN6O3S/c1-18(4-5-18)21-29(27,28)13-10-15-14(19)12-20-25(15)16(11-13)23-6-8-24(9-7-23)17(26)22(2)3/h10-12,21H,4-9H2,1-3H3. The summed E-state index contributed by atoms with van der Waals surface area (Å²) in [6.45, 7) is 4.24. The molecule has 0 radical (unpaired) electrons. The number of fused-ring (bicyclic) bond motifs is 1. The smallest absolute Gasteiger partial charge is 0.319 e. The number of pyridine rings is 1. The zero-order chi connectivity index (χ0) is 21.0. The molecule has 0 bridgehead atoms. The fraction of sp³-hybridized carbons (Fsp3) is 0.556. The van der Waals surface area contributed by atoms with Crippen LogP contribution in [0.4, 0.5) is 10.6 Å². The zero-order valence-corrected chi connectivity index (χ0v) is 19.1. The second-order valence-corrected chi connectivity index (χ2v) is 10.7. The normalized spacial score (nSPS) is 18.9. The number of amides is 2. The number of urea groups is 1. The fourth-order valence-electron chi connectivity index (χ4n) is 3.48. The number of carbonyl (C=O) groups excluding carboxylic acids is 1. The van der Waals surface area contributed by atoms with E-state index in [0.717, 1.165) is 17.3 Å². The van der Waals surface area contributed by atoms with Crippen LogP contribution in [0.2, 0.25) is 0 Å². The number of hydrogen-bond acceptors (Lipinski definition) is 5. The van der Waals surface area contributed by atoms with Crippen LogP contribution < -0.4 is 9.62 Å². The van der Waals surface area contributed by atoms with Gasteiger partial charge in [-0.1, -0.05) is 0 Å². The molecule has 0 spiro atoms. The number of piperazine rings is 1. The third-order valence-electron chi connectivity index (χ3n) is 5.47. The van der Waals surface area contributed by atoms with Crippen LogP contribution >= 0.6 is 15.9 Å². The Balaban J connectivity index is 1.67. The van der Waals surface area contributed by atoms with Crippen LogP contribution in [-0.4, -0.2) is 79.7 Å². The molecule has 1 saturated carbocycles. The molecule has 0 unspecified atom stereocenters. The van der Waals surface area contributed by atoms with Crippen molar-refractivity contribution in [1.29, 1.82) is 0 Å². The first-order chi connectivity index (χ1) is 13.6. The molecule has 2 aromatic heterocycles. The average molecular weight is 485 g/mol.